The summed E-state index contributed by atoms with van der Waals surface area (Å²) >= 11 is 6.00. The van der Waals surface area contributed by atoms with E-state index in [-0.39, 0.29) is 11.1 Å². The quantitative estimate of drug-likeness (QED) is 0.409. The van der Waals surface area contributed by atoms with Gasteiger partial charge in [0.1, 0.15) is 5.75 Å². The number of hydrogen-bond donors (Lipinski definition) is 0. The van der Waals surface area contributed by atoms with Gasteiger partial charge in [0.2, 0.25) is 29.0 Å². The molecule has 2 amide bonds. The predicted octanol–water partition coefficient (Wildman–Crippen LogP) is 4.04. The Morgan fingerprint density at radius 2 is 1.43 bits per heavy atom. The predicted molar refractivity (Wildman–Crippen MR) is 126 cm³/mol. The average Bonchev–Trinajstić information content (AvgIpc) is 3.45. The standard InChI is InChI=1S/C27H18ClNO6/c1-34-17-12-6-14(7-13-17)22-20-21(26(33)29(25(20)32)16-10-8-15(28)9-11-16)27(35-22)23(30)18-4-2-3-5-19(18)24(27)31/h2-13,20-22H,1H3/t20-,21+,22-/m1/s1. The Kier molecular flexibility index (Phi) is 4.71. The summed E-state index contributed by atoms with van der Waals surface area (Å²) in [5.41, 5.74) is -0.841. The summed E-state index contributed by atoms with van der Waals surface area (Å²) in [6, 6.07) is 19.5. The van der Waals surface area contributed by atoms with Crippen LogP contribution in [0.5, 0.6) is 5.75 Å². The summed E-state index contributed by atoms with van der Waals surface area (Å²) in [6.07, 6.45) is -0.984. The summed E-state index contributed by atoms with van der Waals surface area (Å²) < 4.78 is 11.5. The lowest BCUT2D eigenvalue weighted by Crippen LogP contribution is -2.51. The molecule has 3 aliphatic rings. The molecule has 6 rings (SSSR count). The monoisotopic (exact) mass is 487 g/mol. The van der Waals surface area contributed by atoms with Crippen LogP contribution < -0.4 is 9.64 Å². The van der Waals surface area contributed by atoms with E-state index in [4.69, 9.17) is 21.1 Å². The third kappa shape index (κ3) is 2.82. The Morgan fingerprint density at radius 3 is 2.00 bits per heavy atom. The number of anilines is 1. The van der Waals surface area contributed by atoms with Crippen molar-refractivity contribution in [1.29, 1.82) is 0 Å². The Bertz CT molecular complexity index is 1380. The number of halogens is 1. The number of ether oxygens (including phenoxy) is 2. The zero-order valence-electron chi connectivity index (χ0n) is 18.4. The molecule has 0 saturated carbocycles. The Hall–Kier alpha value is -3.81. The second kappa shape index (κ2) is 7.60. The molecule has 7 nitrogen and oxygen atoms in total. The minimum atomic E-state index is -2.10. The van der Waals surface area contributed by atoms with Crippen LogP contribution >= 0.6 is 11.6 Å². The van der Waals surface area contributed by atoms with Crippen molar-refractivity contribution in [1.82, 2.24) is 0 Å². The topological polar surface area (TPSA) is 90.0 Å². The SMILES string of the molecule is COc1ccc([C@H]2OC3(C(=O)c4ccccc4C3=O)[C@@H]3C(=O)N(c4ccc(Cl)cc4)C(=O)[C@@H]23)cc1. The Morgan fingerprint density at radius 1 is 0.829 bits per heavy atom. The number of carbonyl (C=O) groups is 4. The fraction of sp³-hybridized carbons (Fsp3) is 0.185. The normalized spacial score (nSPS) is 24.3. The van der Waals surface area contributed by atoms with Gasteiger partial charge in [0, 0.05) is 16.1 Å². The number of rotatable bonds is 3. The van der Waals surface area contributed by atoms with Crippen LogP contribution in [-0.4, -0.2) is 36.1 Å². The molecule has 0 bridgehead atoms. The minimum absolute atomic E-state index is 0.192. The molecule has 1 aliphatic carbocycles. The second-order valence-electron chi connectivity index (χ2n) is 8.74. The van der Waals surface area contributed by atoms with Gasteiger partial charge < -0.3 is 9.47 Å². The first-order chi connectivity index (χ1) is 16.9. The highest BCUT2D eigenvalue weighted by Gasteiger charge is 2.74. The molecule has 2 fully saturated rings. The van der Waals surface area contributed by atoms with Crippen molar-refractivity contribution in [2.75, 3.05) is 12.0 Å². The fourth-order valence-electron chi connectivity index (χ4n) is 5.46. The third-order valence-electron chi connectivity index (χ3n) is 7.05. The number of amides is 2. The van der Waals surface area contributed by atoms with Crippen LogP contribution in [0.2, 0.25) is 5.02 Å². The second-order valence-corrected chi connectivity index (χ2v) is 9.18. The molecule has 3 aromatic rings. The van der Waals surface area contributed by atoms with Crippen LogP contribution in [0.25, 0.3) is 0 Å². The molecule has 35 heavy (non-hydrogen) atoms. The Balaban J connectivity index is 1.53. The number of imide groups is 1. The van der Waals surface area contributed by atoms with Crippen LogP contribution in [0.15, 0.2) is 72.8 Å². The van der Waals surface area contributed by atoms with Gasteiger partial charge in [-0.1, -0.05) is 48.0 Å². The molecule has 0 radical (unpaired) electrons. The molecule has 2 heterocycles. The zero-order valence-corrected chi connectivity index (χ0v) is 19.2. The van der Waals surface area contributed by atoms with Gasteiger partial charge >= 0.3 is 0 Å². The smallest absolute Gasteiger partial charge is 0.241 e. The first-order valence-electron chi connectivity index (χ1n) is 11.0. The lowest BCUT2D eigenvalue weighted by Gasteiger charge is -2.27. The molecule has 0 N–H and O–H groups in total. The van der Waals surface area contributed by atoms with Crippen molar-refractivity contribution >= 4 is 40.7 Å². The highest BCUT2D eigenvalue weighted by atomic mass is 35.5. The van der Waals surface area contributed by atoms with Gasteiger partial charge in [0.25, 0.3) is 0 Å². The highest BCUT2D eigenvalue weighted by molar-refractivity contribution is 6.37. The van der Waals surface area contributed by atoms with Gasteiger partial charge in [-0.2, -0.15) is 0 Å². The van der Waals surface area contributed by atoms with E-state index in [1.54, 1.807) is 72.8 Å². The van der Waals surface area contributed by atoms with Crippen LogP contribution in [0.4, 0.5) is 5.69 Å². The van der Waals surface area contributed by atoms with Gasteiger partial charge in [-0.05, 0) is 42.0 Å². The van der Waals surface area contributed by atoms with Crippen LogP contribution in [0.1, 0.15) is 32.4 Å². The van der Waals surface area contributed by atoms with Gasteiger partial charge in [-0.3, -0.25) is 19.2 Å². The van der Waals surface area contributed by atoms with Crippen molar-refractivity contribution in [3.05, 3.63) is 94.5 Å². The number of ketones is 2. The van der Waals surface area contributed by atoms with Crippen LogP contribution in [-0.2, 0) is 14.3 Å². The van der Waals surface area contributed by atoms with Crippen molar-refractivity contribution in [3.63, 3.8) is 0 Å². The molecule has 3 aromatic carbocycles. The number of hydrogen-bond acceptors (Lipinski definition) is 6. The van der Waals surface area contributed by atoms with Crippen molar-refractivity contribution in [2.24, 2.45) is 11.8 Å². The van der Waals surface area contributed by atoms with E-state index in [2.05, 4.69) is 0 Å². The third-order valence-corrected chi connectivity index (χ3v) is 7.30. The lowest BCUT2D eigenvalue weighted by atomic mass is 9.77. The zero-order chi connectivity index (χ0) is 24.5. The number of benzene rings is 3. The molecule has 0 aromatic heterocycles. The van der Waals surface area contributed by atoms with E-state index in [0.717, 1.165) is 4.90 Å². The number of Topliss-reactive ketones (excluding diaryl/α,β-unsaturated/α-hetero) is 2. The van der Waals surface area contributed by atoms with E-state index in [1.807, 2.05) is 0 Å². The van der Waals surface area contributed by atoms with E-state index in [9.17, 15) is 19.2 Å². The van der Waals surface area contributed by atoms with Crippen LogP contribution in [0.3, 0.4) is 0 Å². The molecule has 8 heteroatoms. The summed E-state index contributed by atoms with van der Waals surface area (Å²) in [6.45, 7) is 0. The maximum absolute atomic E-state index is 13.8. The Labute approximate surface area is 205 Å². The van der Waals surface area contributed by atoms with E-state index in [0.29, 0.717) is 22.0 Å². The molecule has 2 aliphatic heterocycles. The maximum Gasteiger partial charge on any atom is 0.241 e. The molecule has 2 saturated heterocycles. The highest BCUT2D eigenvalue weighted by Crippen LogP contribution is 2.57. The van der Waals surface area contributed by atoms with E-state index in [1.165, 1.54) is 7.11 Å². The van der Waals surface area contributed by atoms with Crippen LogP contribution in [0, 0.1) is 11.8 Å². The van der Waals surface area contributed by atoms with Crippen molar-refractivity contribution in [3.8, 4) is 5.75 Å². The fourth-order valence-corrected chi connectivity index (χ4v) is 5.58. The first kappa shape index (κ1) is 21.7. The molecule has 1 spiro atoms. The first-order valence-corrected chi connectivity index (χ1v) is 11.4. The average molecular weight is 488 g/mol. The molecule has 174 valence electrons. The van der Waals surface area contributed by atoms with Gasteiger partial charge in [-0.25, -0.2) is 4.90 Å². The van der Waals surface area contributed by atoms with E-state index >= 15 is 0 Å². The molecule has 0 unspecified atom stereocenters. The summed E-state index contributed by atoms with van der Waals surface area (Å²) in [7, 11) is 1.53. The molecule has 3 atom stereocenters. The van der Waals surface area contributed by atoms with E-state index < -0.39 is 46.9 Å². The number of methoxy groups -OCH3 is 1. The molecular weight excluding hydrogens is 470 g/mol. The number of carbonyl (C=O) groups excluding carboxylic acids is 4. The van der Waals surface area contributed by atoms with Gasteiger partial charge in [-0.15, -0.1) is 0 Å². The molecular formula is C27H18ClNO6. The number of fused-ring (bicyclic) bond motifs is 3. The summed E-state index contributed by atoms with van der Waals surface area (Å²) in [5, 5.41) is 0.445. The minimum Gasteiger partial charge on any atom is -0.497 e. The largest absolute Gasteiger partial charge is 0.497 e. The van der Waals surface area contributed by atoms with Gasteiger partial charge in [0.05, 0.1) is 30.7 Å². The summed E-state index contributed by atoms with van der Waals surface area (Å²) in [5.74, 6) is -4.13. The summed E-state index contributed by atoms with van der Waals surface area (Å²) in [4.78, 5) is 56.1. The van der Waals surface area contributed by atoms with Gasteiger partial charge in [0.15, 0.2) is 0 Å². The lowest BCUT2D eigenvalue weighted by molar-refractivity contribution is -0.127. The van der Waals surface area contributed by atoms with Crippen molar-refractivity contribution < 1.29 is 28.7 Å². The maximum atomic E-state index is 13.8. The van der Waals surface area contributed by atoms with Crippen molar-refractivity contribution in [2.45, 2.75) is 11.7 Å². The number of nitrogens with zero attached hydrogens (tertiary/aromatic N) is 1.